The molecule has 0 aliphatic rings. The van der Waals surface area contributed by atoms with Gasteiger partial charge in [-0.15, -0.1) is 0 Å². The van der Waals surface area contributed by atoms with Gasteiger partial charge in [0.25, 0.3) is 9.05 Å². The molecule has 17 heteroatoms. The third-order valence-corrected chi connectivity index (χ3v) is 7.58. The van der Waals surface area contributed by atoms with Crippen molar-refractivity contribution in [2.75, 3.05) is 59.5 Å². The van der Waals surface area contributed by atoms with E-state index in [1.165, 1.54) is 52.3 Å². The lowest BCUT2D eigenvalue weighted by Gasteiger charge is -2.15. The van der Waals surface area contributed by atoms with Gasteiger partial charge in [-0.05, 0) is 57.4 Å². The average Bonchev–Trinajstić information content (AvgIpc) is 2.88. The molecule has 14 nitrogen and oxygen atoms in total. The number of anilines is 2. The number of benzene rings is 2. The molecule has 42 heavy (non-hydrogen) atoms. The molecule has 0 unspecified atom stereocenters. The van der Waals surface area contributed by atoms with Gasteiger partial charge in [-0.2, -0.15) is 0 Å². The first-order valence-electron chi connectivity index (χ1n) is 11.5. The molecule has 240 valence electrons. The molecule has 2 aromatic rings. The van der Waals surface area contributed by atoms with E-state index in [0.29, 0.717) is 12.3 Å². The van der Waals surface area contributed by atoms with E-state index in [-0.39, 0.29) is 40.0 Å². The Morgan fingerprint density at radius 2 is 1.19 bits per heavy atom. The van der Waals surface area contributed by atoms with E-state index in [1.807, 2.05) is 14.1 Å². The van der Waals surface area contributed by atoms with Crippen LogP contribution in [0.5, 0.6) is 0 Å². The Hall–Kier alpha value is -3.44. The van der Waals surface area contributed by atoms with Gasteiger partial charge in [0.05, 0.1) is 29.1 Å². The summed E-state index contributed by atoms with van der Waals surface area (Å²) >= 11 is 0. The van der Waals surface area contributed by atoms with Crippen molar-refractivity contribution in [1.82, 2.24) is 9.62 Å². The van der Waals surface area contributed by atoms with Crippen molar-refractivity contribution in [3.63, 3.8) is 0 Å². The van der Waals surface area contributed by atoms with Crippen LogP contribution < -0.4 is 16.0 Å². The molecule has 0 radical (unpaired) electrons. The van der Waals surface area contributed by atoms with Crippen LogP contribution >= 0.6 is 10.7 Å². The van der Waals surface area contributed by atoms with Crippen molar-refractivity contribution in [1.29, 1.82) is 0 Å². The second-order valence-corrected chi connectivity index (χ2v) is 12.3. The molecule has 0 amide bonds. The molecule has 0 spiro atoms. The van der Waals surface area contributed by atoms with Crippen LogP contribution in [-0.4, -0.2) is 98.2 Å². The summed E-state index contributed by atoms with van der Waals surface area (Å²) in [6.07, 6.45) is 0. The van der Waals surface area contributed by atoms with Crippen molar-refractivity contribution in [3.8, 4) is 0 Å². The second kappa shape index (κ2) is 20.4. The van der Waals surface area contributed by atoms with E-state index in [1.54, 1.807) is 14.0 Å². The molecule has 0 heterocycles. The minimum Gasteiger partial charge on any atom is -0.478 e. The monoisotopic (exact) mass is 656 g/mol. The van der Waals surface area contributed by atoms with Gasteiger partial charge in [0.1, 0.15) is 9.79 Å². The van der Waals surface area contributed by atoms with Crippen LogP contribution in [0.4, 0.5) is 11.4 Å². The molecule has 0 aliphatic heterocycles. The van der Waals surface area contributed by atoms with Gasteiger partial charge in [-0.25, -0.2) is 30.7 Å². The van der Waals surface area contributed by atoms with Gasteiger partial charge >= 0.3 is 17.9 Å². The molecule has 2 aromatic carbocycles. The van der Waals surface area contributed by atoms with Crippen molar-refractivity contribution < 1.29 is 46.2 Å². The Morgan fingerprint density at radius 3 is 1.43 bits per heavy atom. The Balaban J connectivity index is -0.000000556. The number of nitrogens with zero attached hydrogens (tertiary/aromatic N) is 1. The maximum absolute atomic E-state index is 12.0. The minimum atomic E-state index is -3.96. The quantitative estimate of drug-likeness (QED) is 0.205. The van der Waals surface area contributed by atoms with Gasteiger partial charge in [0.15, 0.2) is 0 Å². The van der Waals surface area contributed by atoms with E-state index in [2.05, 4.69) is 20.7 Å². The van der Waals surface area contributed by atoms with Crippen LogP contribution in [0, 0.1) is 0 Å². The lowest BCUT2D eigenvalue weighted by atomic mass is 10.2. The number of esters is 1. The molecule has 0 aromatic heterocycles. The van der Waals surface area contributed by atoms with Crippen LogP contribution in [0.15, 0.2) is 46.2 Å². The average molecular weight is 657 g/mol. The Kier molecular flexibility index (Phi) is 20.9. The Morgan fingerprint density at radius 1 is 0.833 bits per heavy atom. The fraction of sp³-hybridized carbons (Fsp3) is 0.400. The molecular formula is C25H41ClN4O10S2. The summed E-state index contributed by atoms with van der Waals surface area (Å²) in [6, 6.07) is 7.57. The zero-order valence-corrected chi connectivity index (χ0v) is 26.4. The predicted molar refractivity (Wildman–Crippen MR) is 164 cm³/mol. The van der Waals surface area contributed by atoms with Crippen LogP contribution in [0.3, 0.4) is 0 Å². The smallest absolute Gasteiger partial charge is 0.335 e. The predicted octanol–water partition coefficient (Wildman–Crippen LogP) is 3.07. The van der Waals surface area contributed by atoms with Crippen molar-refractivity contribution in [2.24, 2.45) is 0 Å². The van der Waals surface area contributed by atoms with E-state index in [0.717, 1.165) is 16.4 Å². The molecule has 0 saturated heterocycles. The number of aromatic carboxylic acids is 2. The topological polar surface area (TPSA) is 209 Å². The molecule has 0 aliphatic carbocycles. The second-order valence-electron chi connectivity index (χ2n) is 7.68. The number of hydrogen-bond donors (Lipinski definition) is 5. The number of carboxylic acid groups (broad SMARTS) is 2. The third-order valence-electron chi connectivity index (χ3n) is 4.36. The van der Waals surface area contributed by atoms with Gasteiger partial charge < -0.3 is 30.9 Å². The SMILES string of the molecule is C.CCOC(C)=O.CNC.CNc1ccc(C(=O)O)cc1S(=O)(=O)Cl.CNc1ccc(C(=O)O)cc1S(=O)(=O)N(C)C. The summed E-state index contributed by atoms with van der Waals surface area (Å²) in [5, 5.41) is 25.6. The number of hydrogen-bond acceptors (Lipinski definition) is 11. The fourth-order valence-electron chi connectivity index (χ4n) is 2.54. The molecule has 5 N–H and O–H groups in total. The summed E-state index contributed by atoms with van der Waals surface area (Å²) < 4.78 is 51.6. The summed E-state index contributed by atoms with van der Waals surface area (Å²) in [6.45, 7) is 3.65. The van der Waals surface area contributed by atoms with Crippen molar-refractivity contribution in [3.05, 3.63) is 47.5 Å². The first-order chi connectivity index (χ1) is 18.8. The third kappa shape index (κ3) is 15.0. The van der Waals surface area contributed by atoms with E-state index in [4.69, 9.17) is 20.9 Å². The number of carbonyl (C=O) groups excluding carboxylic acids is 1. The highest BCUT2D eigenvalue weighted by Crippen LogP contribution is 2.26. The molecule has 0 saturated carbocycles. The molecular weight excluding hydrogens is 616 g/mol. The lowest BCUT2D eigenvalue weighted by molar-refractivity contribution is -0.140. The number of ether oxygens (including phenoxy) is 1. The molecule has 0 atom stereocenters. The molecule has 0 bridgehead atoms. The van der Waals surface area contributed by atoms with Crippen LogP contribution in [-0.2, 0) is 28.6 Å². The summed E-state index contributed by atoms with van der Waals surface area (Å²) in [7, 11) is 7.16. The molecule has 2 rings (SSSR count). The lowest BCUT2D eigenvalue weighted by Crippen LogP contribution is -2.23. The number of carboxylic acids is 2. The van der Waals surface area contributed by atoms with Gasteiger partial charge in [-0.3, -0.25) is 4.79 Å². The zero-order chi connectivity index (χ0) is 32.6. The van der Waals surface area contributed by atoms with Gasteiger partial charge in [-0.1, -0.05) is 7.43 Å². The standard InChI is InChI=1S/C10H14N2O4S.C8H8ClNO4S.C4H8O2.C2H7N.CH4/c1-11-8-5-4-7(10(13)14)6-9(8)17(15,16)12(2)3;1-10-6-3-2-5(8(11)12)4-7(6)15(9,13)14;1-3-6-4(2)5;1-3-2;/h4-6,11H,1-3H3,(H,13,14);2-4,10H,1H3,(H,11,12);3H2,1-2H3;3H,1-2H3;1H4. The Bertz CT molecular complexity index is 1380. The van der Waals surface area contributed by atoms with Gasteiger partial charge in [0, 0.05) is 45.8 Å². The first kappa shape index (κ1) is 43.0. The first-order valence-corrected chi connectivity index (χ1v) is 15.3. The van der Waals surface area contributed by atoms with Crippen LogP contribution in [0.2, 0.25) is 0 Å². The highest BCUT2D eigenvalue weighted by Gasteiger charge is 2.22. The van der Waals surface area contributed by atoms with E-state index in [9.17, 15) is 31.2 Å². The molecule has 0 fully saturated rings. The highest BCUT2D eigenvalue weighted by atomic mass is 35.7. The summed E-state index contributed by atoms with van der Waals surface area (Å²) in [4.78, 5) is 31.0. The van der Waals surface area contributed by atoms with E-state index < -0.39 is 31.0 Å². The normalized spacial score (nSPS) is 10.1. The number of nitrogens with one attached hydrogen (secondary N) is 3. The number of sulfonamides is 1. The van der Waals surface area contributed by atoms with Crippen molar-refractivity contribution >= 4 is 59.0 Å². The fourth-order valence-corrected chi connectivity index (χ4v) is 4.74. The maximum atomic E-state index is 12.0. The number of carbonyl (C=O) groups is 3. The highest BCUT2D eigenvalue weighted by molar-refractivity contribution is 8.13. The summed E-state index contributed by atoms with van der Waals surface area (Å²) in [5.74, 6) is -2.58. The largest absolute Gasteiger partial charge is 0.478 e. The van der Waals surface area contributed by atoms with Crippen LogP contribution in [0.1, 0.15) is 42.0 Å². The minimum absolute atomic E-state index is 0. The van der Waals surface area contributed by atoms with Gasteiger partial charge in [0.2, 0.25) is 10.0 Å². The summed E-state index contributed by atoms with van der Waals surface area (Å²) in [5.41, 5.74) is 0.427. The zero-order valence-electron chi connectivity index (χ0n) is 24.0. The van der Waals surface area contributed by atoms with E-state index >= 15 is 0 Å². The maximum Gasteiger partial charge on any atom is 0.335 e. The number of halogens is 1. The number of rotatable bonds is 8. The van der Waals surface area contributed by atoms with Crippen molar-refractivity contribution in [2.45, 2.75) is 31.1 Å². The van der Waals surface area contributed by atoms with Crippen LogP contribution in [0.25, 0.3) is 0 Å². The Labute approximate surface area is 252 Å².